The second kappa shape index (κ2) is 14.8. The van der Waals surface area contributed by atoms with E-state index in [1.165, 1.54) is 0 Å². The summed E-state index contributed by atoms with van der Waals surface area (Å²) in [5, 5.41) is 0. The summed E-state index contributed by atoms with van der Waals surface area (Å²) in [7, 11) is 0. The zero-order valence-electron chi connectivity index (χ0n) is 15.0. The predicted octanol–water partition coefficient (Wildman–Crippen LogP) is 5.02. The van der Waals surface area contributed by atoms with Crippen molar-refractivity contribution < 1.29 is 19.5 Å². The van der Waals surface area contributed by atoms with Crippen molar-refractivity contribution in [1.82, 2.24) is 0 Å². The monoisotopic (exact) mass is 480 g/mol. The van der Waals surface area contributed by atoms with Gasteiger partial charge >= 0.3 is 19.5 Å². The maximum atomic E-state index is 4.96. The first-order valence-corrected chi connectivity index (χ1v) is 9.43. The number of hydrogen-bond acceptors (Lipinski definition) is 4. The van der Waals surface area contributed by atoms with Gasteiger partial charge in [-0.25, -0.2) is 0 Å². The van der Waals surface area contributed by atoms with Gasteiger partial charge in [-0.2, -0.15) is 0 Å². The predicted molar refractivity (Wildman–Crippen MR) is 128 cm³/mol. The number of thiocarbonyl (C=S) groups is 2. The van der Waals surface area contributed by atoms with E-state index in [-0.39, 0.29) is 19.5 Å². The Hall–Kier alpha value is -1.24. The van der Waals surface area contributed by atoms with Crippen LogP contribution in [0, 0.1) is 0 Å². The fraction of sp³-hybridized carbons (Fsp3) is 0.100. The van der Waals surface area contributed by atoms with Gasteiger partial charge in [-0.1, -0.05) is 57.2 Å². The van der Waals surface area contributed by atoms with Gasteiger partial charge < -0.3 is 59.5 Å². The normalized spacial score (nSPS) is 8.89. The molecule has 0 aliphatic rings. The van der Waals surface area contributed by atoms with E-state index in [0.29, 0.717) is 21.7 Å². The fourth-order valence-corrected chi connectivity index (χ4v) is 2.76. The minimum absolute atomic E-state index is 0. The molecule has 0 spiro atoms. The van der Waals surface area contributed by atoms with Gasteiger partial charge in [0.15, 0.2) is 0 Å². The smallest absolute Gasteiger partial charge is 0.411 e. The molecule has 2 aromatic rings. The Bertz CT molecular complexity index is 660. The fourth-order valence-electron chi connectivity index (χ4n) is 2.04. The molecule has 2 nitrogen and oxygen atoms in total. The second-order valence-electron chi connectivity index (χ2n) is 5.00. The Morgan fingerprint density at radius 1 is 0.741 bits per heavy atom. The van der Waals surface area contributed by atoms with Crippen molar-refractivity contribution in [2.45, 2.75) is 0 Å². The molecule has 0 amide bonds. The topological polar surface area (TPSA) is 6.48 Å². The van der Waals surface area contributed by atoms with Gasteiger partial charge in [0.2, 0.25) is 0 Å². The zero-order valence-corrected chi connectivity index (χ0v) is 21.2. The van der Waals surface area contributed by atoms with Gasteiger partial charge in [-0.15, -0.1) is 13.2 Å². The number of nitrogens with zero attached hydrogens (tertiary/aromatic N) is 2. The molecule has 0 saturated carbocycles. The summed E-state index contributed by atoms with van der Waals surface area (Å²) >= 11 is 19.8. The van der Waals surface area contributed by atoms with Crippen LogP contribution in [-0.2, 0) is 44.7 Å². The molecule has 0 N–H and O–H groups in total. The van der Waals surface area contributed by atoms with E-state index in [4.69, 9.17) is 49.7 Å². The number of para-hydroxylation sites is 2. The van der Waals surface area contributed by atoms with Gasteiger partial charge in [0.25, 0.3) is 0 Å². The van der Waals surface area contributed by atoms with Crippen LogP contribution < -0.4 is 9.80 Å². The average molecular weight is 482 g/mol. The SMILES string of the molecule is C=CCN(C(=S)[S-])c1ccccc1.C=CCN(C(=S)[S-])c1ccccc1.[Zn+2]. The first kappa shape index (κ1) is 25.8. The van der Waals surface area contributed by atoms with E-state index in [1.807, 2.05) is 70.5 Å². The van der Waals surface area contributed by atoms with Crippen molar-refractivity contribution >= 4 is 69.7 Å². The first-order valence-electron chi connectivity index (χ1n) is 7.80. The number of benzene rings is 2. The van der Waals surface area contributed by atoms with Crippen molar-refractivity contribution in [3.63, 3.8) is 0 Å². The minimum atomic E-state index is 0. The van der Waals surface area contributed by atoms with Crippen LogP contribution in [0.25, 0.3) is 0 Å². The van der Waals surface area contributed by atoms with Crippen LogP contribution in [0.4, 0.5) is 11.4 Å². The third-order valence-corrected chi connectivity index (χ3v) is 4.08. The third-order valence-electron chi connectivity index (χ3n) is 3.20. The van der Waals surface area contributed by atoms with Gasteiger partial charge in [0.1, 0.15) is 0 Å². The summed E-state index contributed by atoms with van der Waals surface area (Å²) in [6.45, 7) is 8.64. The summed E-state index contributed by atoms with van der Waals surface area (Å²) in [5.74, 6) is 0. The van der Waals surface area contributed by atoms with Crippen molar-refractivity contribution in [2.75, 3.05) is 22.9 Å². The minimum Gasteiger partial charge on any atom is -0.411 e. The molecule has 0 aromatic heterocycles. The van der Waals surface area contributed by atoms with Crippen LogP contribution in [-0.4, -0.2) is 21.7 Å². The Morgan fingerprint density at radius 2 is 1.04 bits per heavy atom. The molecule has 27 heavy (non-hydrogen) atoms. The molecule has 7 heteroatoms. The summed E-state index contributed by atoms with van der Waals surface area (Å²) in [6, 6.07) is 19.6. The third kappa shape index (κ3) is 9.49. The molecule has 0 bridgehead atoms. The van der Waals surface area contributed by atoms with Crippen LogP contribution in [0.5, 0.6) is 0 Å². The molecule has 0 atom stereocenters. The first-order chi connectivity index (χ1) is 12.5. The number of hydrogen-bond donors (Lipinski definition) is 0. The van der Waals surface area contributed by atoms with Crippen LogP contribution in [0.1, 0.15) is 0 Å². The summed E-state index contributed by atoms with van der Waals surface area (Å²) in [5.41, 5.74) is 2.03. The van der Waals surface area contributed by atoms with Gasteiger partial charge in [0, 0.05) is 24.5 Å². The summed E-state index contributed by atoms with van der Waals surface area (Å²) in [4.78, 5) is 3.72. The van der Waals surface area contributed by atoms with E-state index in [9.17, 15) is 0 Å². The molecular weight excluding hydrogens is 462 g/mol. The molecule has 0 radical (unpaired) electrons. The van der Waals surface area contributed by atoms with Gasteiger partial charge in [-0.3, -0.25) is 0 Å². The van der Waals surface area contributed by atoms with Crippen molar-refractivity contribution in [3.8, 4) is 0 Å². The Labute approximate surface area is 196 Å². The quantitative estimate of drug-likeness (QED) is 0.245. The van der Waals surface area contributed by atoms with Crippen LogP contribution in [0.15, 0.2) is 86.0 Å². The maximum absolute atomic E-state index is 4.96. The van der Waals surface area contributed by atoms with Crippen LogP contribution in [0.3, 0.4) is 0 Å². The van der Waals surface area contributed by atoms with Crippen molar-refractivity contribution in [3.05, 3.63) is 86.0 Å². The Morgan fingerprint density at radius 3 is 1.26 bits per heavy atom. The molecule has 0 aliphatic heterocycles. The van der Waals surface area contributed by atoms with Crippen molar-refractivity contribution in [2.24, 2.45) is 0 Å². The van der Waals surface area contributed by atoms with E-state index in [1.54, 1.807) is 12.2 Å². The zero-order chi connectivity index (χ0) is 19.4. The molecule has 0 aliphatic carbocycles. The average Bonchev–Trinajstić information content (AvgIpc) is 2.65. The molecule has 0 heterocycles. The molecule has 0 fully saturated rings. The maximum Gasteiger partial charge on any atom is 2.00 e. The number of rotatable bonds is 6. The molecular formula is C20H20N2S4Zn. The molecule has 0 saturated heterocycles. The van der Waals surface area contributed by atoms with E-state index in [2.05, 4.69) is 13.2 Å². The molecule has 2 rings (SSSR count). The van der Waals surface area contributed by atoms with Crippen molar-refractivity contribution in [1.29, 1.82) is 0 Å². The summed E-state index contributed by atoms with van der Waals surface area (Å²) < 4.78 is 0.900. The van der Waals surface area contributed by atoms with Crippen LogP contribution >= 0.6 is 24.4 Å². The van der Waals surface area contributed by atoms with E-state index >= 15 is 0 Å². The summed E-state index contributed by atoms with van der Waals surface area (Å²) in [6.07, 6.45) is 3.57. The Kier molecular flexibility index (Phi) is 14.1. The van der Waals surface area contributed by atoms with E-state index in [0.717, 1.165) is 11.4 Å². The number of anilines is 2. The standard InChI is InChI=1S/2C10H11NS2.Zn/c2*1-2-8-11(10(12)13)9-6-4-3-5-7-9;/h2*2-7H,1,8H2,(H,12,13);/q;;+2/p-2. The van der Waals surface area contributed by atoms with Crippen LogP contribution in [0.2, 0.25) is 0 Å². The Balaban J connectivity index is 0.000000483. The second-order valence-corrected chi connectivity index (χ2v) is 7.07. The van der Waals surface area contributed by atoms with Gasteiger partial charge in [-0.05, 0) is 24.3 Å². The van der Waals surface area contributed by atoms with Gasteiger partial charge in [0.05, 0.1) is 0 Å². The van der Waals surface area contributed by atoms with E-state index < -0.39 is 0 Å². The molecule has 2 aromatic carbocycles. The molecule has 0 unspecified atom stereocenters. The largest absolute Gasteiger partial charge is 2.00 e. The molecule has 136 valence electrons.